The van der Waals surface area contributed by atoms with E-state index in [9.17, 15) is 4.79 Å². The van der Waals surface area contributed by atoms with E-state index in [0.717, 1.165) is 39.1 Å². The van der Waals surface area contributed by atoms with Gasteiger partial charge in [-0.2, -0.15) is 0 Å². The summed E-state index contributed by atoms with van der Waals surface area (Å²) in [4.78, 5) is 21.7. The highest BCUT2D eigenvalue weighted by Gasteiger charge is 2.07. The molecule has 2 N–H and O–H groups in total. The number of amides is 2. The van der Waals surface area contributed by atoms with Gasteiger partial charge in [0.15, 0.2) is 0 Å². The highest BCUT2D eigenvalue weighted by Crippen LogP contribution is 2.16. The van der Waals surface area contributed by atoms with Crippen LogP contribution in [0, 0.1) is 13.8 Å². The molecule has 0 fully saturated rings. The highest BCUT2D eigenvalue weighted by molar-refractivity contribution is 7.11. The molecule has 0 aliphatic heterocycles. The van der Waals surface area contributed by atoms with Crippen molar-refractivity contribution in [2.24, 2.45) is 0 Å². The standard InChI is InChI=1S/C14H20N4OS2/c1-4-13-18-11(8-20-13)5-6-15-14(19)16-7-12-9(2)17-10(3)21-12/h8H,4-7H2,1-3H3,(H2,15,16,19). The summed E-state index contributed by atoms with van der Waals surface area (Å²) in [5, 5.41) is 9.94. The third-order valence-corrected chi connectivity index (χ3v) is 5.09. The number of thiazole rings is 2. The predicted molar refractivity (Wildman–Crippen MR) is 87.0 cm³/mol. The Kier molecular flexibility index (Phi) is 5.69. The van der Waals surface area contributed by atoms with E-state index in [1.165, 1.54) is 0 Å². The van der Waals surface area contributed by atoms with E-state index in [4.69, 9.17) is 0 Å². The SMILES string of the molecule is CCc1nc(CCNC(=O)NCc2sc(C)nc2C)cs1. The van der Waals surface area contributed by atoms with Crippen molar-refractivity contribution in [1.29, 1.82) is 0 Å². The van der Waals surface area contributed by atoms with Gasteiger partial charge in [-0.3, -0.25) is 0 Å². The molecule has 2 amide bonds. The molecule has 7 heteroatoms. The van der Waals surface area contributed by atoms with Gasteiger partial charge in [-0.05, 0) is 20.3 Å². The number of hydrogen-bond acceptors (Lipinski definition) is 5. The van der Waals surface area contributed by atoms with Crippen LogP contribution in [0.25, 0.3) is 0 Å². The molecule has 0 spiro atoms. The predicted octanol–water partition coefficient (Wildman–Crippen LogP) is 2.82. The number of hydrogen-bond donors (Lipinski definition) is 2. The zero-order valence-corrected chi connectivity index (χ0v) is 14.2. The first-order chi connectivity index (χ1) is 10.1. The molecule has 0 aliphatic rings. The van der Waals surface area contributed by atoms with Gasteiger partial charge in [0.05, 0.1) is 27.9 Å². The Morgan fingerprint density at radius 3 is 2.71 bits per heavy atom. The lowest BCUT2D eigenvalue weighted by Gasteiger charge is -2.06. The summed E-state index contributed by atoms with van der Waals surface area (Å²) in [5.74, 6) is 0. The molecule has 0 saturated carbocycles. The van der Waals surface area contributed by atoms with Crippen molar-refractivity contribution in [3.63, 3.8) is 0 Å². The van der Waals surface area contributed by atoms with Gasteiger partial charge >= 0.3 is 6.03 Å². The Labute approximate surface area is 132 Å². The summed E-state index contributed by atoms with van der Waals surface area (Å²) < 4.78 is 0. The van der Waals surface area contributed by atoms with Crippen molar-refractivity contribution in [3.05, 3.63) is 31.7 Å². The fourth-order valence-corrected chi connectivity index (χ4v) is 3.55. The Morgan fingerprint density at radius 2 is 2.10 bits per heavy atom. The fourth-order valence-electron chi connectivity index (χ4n) is 1.89. The van der Waals surface area contributed by atoms with Crippen LogP contribution in [-0.2, 0) is 19.4 Å². The summed E-state index contributed by atoms with van der Waals surface area (Å²) >= 11 is 3.29. The van der Waals surface area contributed by atoms with Gasteiger partial charge in [-0.1, -0.05) is 6.92 Å². The minimum Gasteiger partial charge on any atom is -0.338 e. The van der Waals surface area contributed by atoms with Gasteiger partial charge in [-0.25, -0.2) is 14.8 Å². The van der Waals surface area contributed by atoms with E-state index >= 15 is 0 Å². The van der Waals surface area contributed by atoms with Gasteiger partial charge in [0.2, 0.25) is 0 Å². The van der Waals surface area contributed by atoms with Crippen molar-refractivity contribution in [3.8, 4) is 0 Å². The summed E-state index contributed by atoms with van der Waals surface area (Å²) in [6, 6.07) is -0.147. The highest BCUT2D eigenvalue weighted by atomic mass is 32.1. The van der Waals surface area contributed by atoms with Gasteiger partial charge in [0.1, 0.15) is 0 Å². The third kappa shape index (κ3) is 4.78. The fraction of sp³-hybridized carbons (Fsp3) is 0.500. The zero-order chi connectivity index (χ0) is 15.2. The minimum atomic E-state index is -0.147. The molecule has 5 nitrogen and oxygen atoms in total. The maximum atomic E-state index is 11.7. The minimum absolute atomic E-state index is 0.147. The normalized spacial score (nSPS) is 10.6. The summed E-state index contributed by atoms with van der Waals surface area (Å²) in [6.45, 7) is 7.16. The molecule has 2 rings (SSSR count). The number of nitrogens with zero attached hydrogens (tertiary/aromatic N) is 2. The van der Waals surface area contributed by atoms with Crippen LogP contribution in [0.2, 0.25) is 0 Å². The molecule has 2 aromatic heterocycles. The molecule has 0 bridgehead atoms. The van der Waals surface area contributed by atoms with Crippen LogP contribution in [-0.4, -0.2) is 22.5 Å². The maximum absolute atomic E-state index is 11.7. The molecule has 0 radical (unpaired) electrons. The zero-order valence-electron chi connectivity index (χ0n) is 12.5. The van der Waals surface area contributed by atoms with Crippen LogP contribution in [0.3, 0.4) is 0 Å². The van der Waals surface area contributed by atoms with Crippen LogP contribution < -0.4 is 10.6 Å². The number of rotatable bonds is 6. The first kappa shape index (κ1) is 15.9. The Balaban J connectivity index is 1.69. The van der Waals surface area contributed by atoms with E-state index < -0.39 is 0 Å². The van der Waals surface area contributed by atoms with Crippen LogP contribution in [0.15, 0.2) is 5.38 Å². The number of carbonyl (C=O) groups is 1. The molecule has 0 unspecified atom stereocenters. The smallest absolute Gasteiger partial charge is 0.315 e. The van der Waals surface area contributed by atoms with Gasteiger partial charge in [0, 0.05) is 23.2 Å². The number of carbonyl (C=O) groups excluding carboxylic acids is 1. The van der Waals surface area contributed by atoms with Crippen LogP contribution in [0.5, 0.6) is 0 Å². The molecule has 0 aliphatic carbocycles. The second-order valence-corrected chi connectivity index (χ2v) is 6.92. The lowest BCUT2D eigenvalue weighted by Crippen LogP contribution is -2.36. The van der Waals surface area contributed by atoms with Crippen molar-refractivity contribution in [2.75, 3.05) is 6.54 Å². The molecule has 21 heavy (non-hydrogen) atoms. The number of aromatic nitrogens is 2. The summed E-state index contributed by atoms with van der Waals surface area (Å²) in [6.07, 6.45) is 1.73. The molecule has 2 heterocycles. The van der Waals surface area contributed by atoms with Gasteiger partial charge in [0.25, 0.3) is 0 Å². The maximum Gasteiger partial charge on any atom is 0.315 e. The van der Waals surface area contributed by atoms with E-state index in [1.54, 1.807) is 22.7 Å². The summed E-state index contributed by atoms with van der Waals surface area (Å²) in [7, 11) is 0. The second kappa shape index (κ2) is 7.51. The van der Waals surface area contributed by atoms with Gasteiger partial charge in [-0.15, -0.1) is 22.7 Å². The molecular weight excluding hydrogens is 304 g/mol. The average Bonchev–Trinajstić information content (AvgIpc) is 3.03. The van der Waals surface area contributed by atoms with E-state index in [0.29, 0.717) is 13.1 Å². The molecule has 114 valence electrons. The first-order valence-electron chi connectivity index (χ1n) is 6.96. The number of nitrogens with one attached hydrogen (secondary N) is 2. The van der Waals surface area contributed by atoms with E-state index in [2.05, 4.69) is 32.9 Å². The van der Waals surface area contributed by atoms with E-state index in [-0.39, 0.29) is 6.03 Å². The molecule has 0 aromatic carbocycles. The number of urea groups is 1. The topological polar surface area (TPSA) is 66.9 Å². The monoisotopic (exact) mass is 324 g/mol. The van der Waals surface area contributed by atoms with E-state index in [1.807, 2.05) is 13.8 Å². The molecular formula is C14H20N4OS2. The third-order valence-electron chi connectivity index (χ3n) is 2.98. The lowest BCUT2D eigenvalue weighted by molar-refractivity contribution is 0.240. The Hall–Kier alpha value is -1.47. The van der Waals surface area contributed by atoms with Crippen molar-refractivity contribution in [2.45, 2.75) is 40.2 Å². The van der Waals surface area contributed by atoms with Crippen LogP contribution in [0.4, 0.5) is 4.79 Å². The van der Waals surface area contributed by atoms with Crippen LogP contribution in [0.1, 0.15) is 33.2 Å². The second-order valence-electron chi connectivity index (χ2n) is 4.69. The molecule has 0 atom stereocenters. The average molecular weight is 324 g/mol. The first-order valence-corrected chi connectivity index (χ1v) is 8.66. The lowest BCUT2D eigenvalue weighted by atomic mass is 10.3. The van der Waals surface area contributed by atoms with Crippen LogP contribution >= 0.6 is 22.7 Å². The summed E-state index contributed by atoms with van der Waals surface area (Å²) in [5.41, 5.74) is 2.04. The largest absolute Gasteiger partial charge is 0.338 e. The Bertz CT molecular complexity index is 606. The molecule has 2 aromatic rings. The Morgan fingerprint density at radius 1 is 1.29 bits per heavy atom. The van der Waals surface area contributed by atoms with Gasteiger partial charge < -0.3 is 10.6 Å². The number of aryl methyl sites for hydroxylation is 3. The van der Waals surface area contributed by atoms with Crippen molar-refractivity contribution < 1.29 is 4.79 Å². The van der Waals surface area contributed by atoms with Crippen molar-refractivity contribution >= 4 is 28.7 Å². The van der Waals surface area contributed by atoms with Crippen molar-refractivity contribution in [1.82, 2.24) is 20.6 Å². The quantitative estimate of drug-likeness (QED) is 0.858. The molecule has 0 saturated heterocycles.